The van der Waals surface area contributed by atoms with Crippen molar-refractivity contribution in [1.29, 1.82) is 0 Å². The molecular weight excluding hydrogens is 167 g/mol. The van der Waals surface area contributed by atoms with E-state index in [0.29, 0.717) is 12.2 Å². The van der Waals surface area contributed by atoms with Gasteiger partial charge in [-0.05, 0) is 12.2 Å². The Morgan fingerprint density at radius 1 is 1.73 bits per heavy atom. The van der Waals surface area contributed by atoms with Gasteiger partial charge in [-0.3, -0.25) is 4.79 Å². The Bertz CT molecular complexity index is 151. The molecule has 1 N–H and O–H groups in total. The lowest BCUT2D eigenvalue weighted by Crippen LogP contribution is -2.26. The highest BCUT2D eigenvalue weighted by molar-refractivity contribution is 7.99. The molecule has 11 heavy (non-hydrogen) atoms. The summed E-state index contributed by atoms with van der Waals surface area (Å²) in [4.78, 5) is 10.2. The SMILES string of the molecule is O=C(O)C[C@H]1CCSC[C@H]1F. The monoisotopic (exact) mass is 178 g/mol. The zero-order valence-electron chi connectivity index (χ0n) is 6.12. The second-order valence-electron chi connectivity index (χ2n) is 2.74. The lowest BCUT2D eigenvalue weighted by molar-refractivity contribution is -0.138. The standard InChI is InChI=1S/C7H11FO2S/c8-6-4-11-2-1-5(6)3-7(9)10/h5-6H,1-4H2,(H,9,10)/t5-,6-/m1/s1. The lowest BCUT2D eigenvalue weighted by Gasteiger charge is -2.23. The van der Waals surface area contributed by atoms with Crippen molar-refractivity contribution >= 4 is 17.7 Å². The van der Waals surface area contributed by atoms with E-state index in [2.05, 4.69) is 0 Å². The number of aliphatic carboxylic acids is 1. The zero-order valence-corrected chi connectivity index (χ0v) is 6.94. The van der Waals surface area contributed by atoms with Crippen LogP contribution >= 0.6 is 11.8 Å². The van der Waals surface area contributed by atoms with Gasteiger partial charge >= 0.3 is 5.97 Å². The molecule has 1 aliphatic rings. The number of halogens is 1. The van der Waals surface area contributed by atoms with Crippen molar-refractivity contribution in [2.75, 3.05) is 11.5 Å². The topological polar surface area (TPSA) is 37.3 Å². The van der Waals surface area contributed by atoms with Crippen LogP contribution in [0.25, 0.3) is 0 Å². The minimum absolute atomic E-state index is 0.0122. The predicted molar refractivity (Wildman–Crippen MR) is 42.6 cm³/mol. The van der Waals surface area contributed by atoms with Crippen LogP contribution in [0.1, 0.15) is 12.8 Å². The van der Waals surface area contributed by atoms with E-state index in [1.807, 2.05) is 0 Å². The van der Waals surface area contributed by atoms with Crippen molar-refractivity contribution < 1.29 is 14.3 Å². The lowest BCUT2D eigenvalue weighted by atomic mass is 9.97. The van der Waals surface area contributed by atoms with E-state index in [-0.39, 0.29) is 12.3 Å². The molecule has 0 amide bonds. The maximum atomic E-state index is 12.9. The summed E-state index contributed by atoms with van der Waals surface area (Å²) in [5, 5.41) is 8.41. The Labute approximate surface area is 69.2 Å². The van der Waals surface area contributed by atoms with Gasteiger partial charge in [0.1, 0.15) is 6.17 Å². The Morgan fingerprint density at radius 3 is 3.00 bits per heavy atom. The molecule has 0 aromatic rings. The Morgan fingerprint density at radius 2 is 2.45 bits per heavy atom. The molecule has 4 heteroatoms. The summed E-state index contributed by atoms with van der Waals surface area (Å²) in [7, 11) is 0. The van der Waals surface area contributed by atoms with E-state index < -0.39 is 12.1 Å². The second-order valence-corrected chi connectivity index (χ2v) is 3.89. The minimum Gasteiger partial charge on any atom is -0.481 e. The molecule has 0 aliphatic carbocycles. The van der Waals surface area contributed by atoms with Crippen molar-refractivity contribution in [1.82, 2.24) is 0 Å². The molecule has 0 bridgehead atoms. The third kappa shape index (κ3) is 2.69. The molecule has 64 valence electrons. The third-order valence-electron chi connectivity index (χ3n) is 1.86. The van der Waals surface area contributed by atoms with Crippen molar-refractivity contribution in [3.8, 4) is 0 Å². The highest BCUT2D eigenvalue weighted by Gasteiger charge is 2.26. The molecule has 0 aromatic carbocycles. The van der Waals surface area contributed by atoms with Gasteiger partial charge < -0.3 is 5.11 Å². The van der Waals surface area contributed by atoms with Crippen LogP contribution in [0.4, 0.5) is 4.39 Å². The molecule has 1 rings (SSSR count). The van der Waals surface area contributed by atoms with Crippen molar-refractivity contribution in [3.63, 3.8) is 0 Å². The van der Waals surface area contributed by atoms with Gasteiger partial charge in [-0.15, -0.1) is 0 Å². The van der Waals surface area contributed by atoms with Gasteiger partial charge in [0, 0.05) is 11.7 Å². The van der Waals surface area contributed by atoms with Crippen LogP contribution in [-0.4, -0.2) is 28.8 Å². The van der Waals surface area contributed by atoms with Crippen LogP contribution in [0, 0.1) is 5.92 Å². The number of carboxylic acid groups (broad SMARTS) is 1. The van der Waals surface area contributed by atoms with Crippen molar-refractivity contribution in [2.24, 2.45) is 5.92 Å². The second kappa shape index (κ2) is 3.95. The summed E-state index contributed by atoms with van der Waals surface area (Å²) in [5.41, 5.74) is 0. The van der Waals surface area contributed by atoms with E-state index in [4.69, 9.17) is 5.11 Å². The third-order valence-corrected chi connectivity index (χ3v) is 2.94. The summed E-state index contributed by atoms with van der Waals surface area (Å²) in [6, 6.07) is 0. The summed E-state index contributed by atoms with van der Waals surface area (Å²) in [5.74, 6) is 0.245. The molecular formula is C7H11FO2S. The summed E-state index contributed by atoms with van der Waals surface area (Å²) in [6.07, 6.45) is -0.218. The smallest absolute Gasteiger partial charge is 0.303 e. The Hall–Kier alpha value is -0.250. The van der Waals surface area contributed by atoms with Gasteiger partial charge in [0.05, 0.1) is 6.42 Å². The van der Waals surface area contributed by atoms with Crippen LogP contribution in [0.3, 0.4) is 0 Å². The average molecular weight is 178 g/mol. The van der Waals surface area contributed by atoms with Gasteiger partial charge in [-0.1, -0.05) is 0 Å². The number of alkyl halides is 1. The van der Waals surface area contributed by atoms with E-state index in [1.54, 1.807) is 11.8 Å². The van der Waals surface area contributed by atoms with Gasteiger partial charge in [0.15, 0.2) is 0 Å². The molecule has 0 radical (unpaired) electrons. The van der Waals surface area contributed by atoms with Gasteiger partial charge in [0.25, 0.3) is 0 Å². The highest BCUT2D eigenvalue weighted by Crippen LogP contribution is 2.27. The van der Waals surface area contributed by atoms with Crippen LogP contribution in [0.5, 0.6) is 0 Å². The zero-order chi connectivity index (χ0) is 8.27. The maximum absolute atomic E-state index is 12.9. The first-order chi connectivity index (χ1) is 5.20. The van der Waals surface area contributed by atoms with Crippen LogP contribution in [0.2, 0.25) is 0 Å². The largest absolute Gasteiger partial charge is 0.481 e. The van der Waals surface area contributed by atoms with Crippen LogP contribution in [-0.2, 0) is 4.79 Å². The first-order valence-electron chi connectivity index (χ1n) is 3.63. The fraction of sp³-hybridized carbons (Fsp3) is 0.857. The van der Waals surface area contributed by atoms with Crippen LogP contribution in [0.15, 0.2) is 0 Å². The first kappa shape index (κ1) is 8.84. The highest BCUT2D eigenvalue weighted by atomic mass is 32.2. The number of rotatable bonds is 2. The molecule has 0 aromatic heterocycles. The van der Waals surface area contributed by atoms with Gasteiger partial charge in [-0.2, -0.15) is 11.8 Å². The summed E-state index contributed by atoms with van der Waals surface area (Å²) in [6.45, 7) is 0. The van der Waals surface area contributed by atoms with Gasteiger partial charge in [0.2, 0.25) is 0 Å². The molecule has 1 fully saturated rings. The Balaban J connectivity index is 2.35. The van der Waals surface area contributed by atoms with Gasteiger partial charge in [-0.25, -0.2) is 4.39 Å². The molecule has 0 unspecified atom stereocenters. The minimum atomic E-state index is -0.912. The van der Waals surface area contributed by atoms with E-state index in [9.17, 15) is 9.18 Å². The summed E-state index contributed by atoms with van der Waals surface area (Å²) < 4.78 is 12.9. The molecule has 2 atom stereocenters. The first-order valence-corrected chi connectivity index (χ1v) is 4.79. The number of hydrogen-bond acceptors (Lipinski definition) is 2. The fourth-order valence-corrected chi connectivity index (χ4v) is 2.34. The number of thioether (sulfide) groups is 1. The van der Waals surface area contributed by atoms with E-state index in [0.717, 1.165) is 5.75 Å². The fourth-order valence-electron chi connectivity index (χ4n) is 1.20. The van der Waals surface area contributed by atoms with E-state index in [1.165, 1.54) is 0 Å². The van der Waals surface area contributed by atoms with Crippen molar-refractivity contribution in [3.05, 3.63) is 0 Å². The van der Waals surface area contributed by atoms with E-state index >= 15 is 0 Å². The summed E-state index contributed by atoms with van der Waals surface area (Å²) >= 11 is 1.57. The average Bonchev–Trinajstić information content (AvgIpc) is 1.93. The maximum Gasteiger partial charge on any atom is 0.303 e. The molecule has 1 aliphatic heterocycles. The normalized spacial score (nSPS) is 31.7. The number of carbonyl (C=O) groups is 1. The van der Waals surface area contributed by atoms with Crippen molar-refractivity contribution in [2.45, 2.75) is 19.0 Å². The molecule has 0 saturated carbocycles. The molecule has 2 nitrogen and oxygen atoms in total. The number of hydrogen-bond donors (Lipinski definition) is 1. The Kier molecular flexibility index (Phi) is 3.17. The number of carboxylic acids is 1. The molecule has 1 heterocycles. The quantitative estimate of drug-likeness (QED) is 0.697. The van der Waals surface area contributed by atoms with Crippen LogP contribution < -0.4 is 0 Å². The predicted octanol–water partition coefficient (Wildman–Crippen LogP) is 1.55. The molecule has 1 saturated heterocycles. The molecule has 0 spiro atoms.